The number of rotatable bonds is 5. The van der Waals surface area contributed by atoms with E-state index < -0.39 is 10.1 Å². The molecule has 22 heavy (non-hydrogen) atoms. The van der Waals surface area contributed by atoms with Crippen LogP contribution in [-0.4, -0.2) is 34.4 Å². The molecule has 1 N–H and O–H groups in total. The lowest BCUT2D eigenvalue weighted by Gasteiger charge is -2.08. The molecule has 0 aliphatic heterocycles. The Morgan fingerprint density at radius 1 is 1.18 bits per heavy atom. The van der Waals surface area contributed by atoms with E-state index in [0.29, 0.717) is 0 Å². The SMILES string of the molecule is O=COc1ccc(S(=O)(=O)O)cc1Cc1nc(Cl)nc(Cl)n1. The molecule has 0 atom stereocenters. The molecule has 0 saturated carbocycles. The van der Waals surface area contributed by atoms with E-state index in [-0.39, 0.29) is 45.5 Å². The normalized spacial score (nSPS) is 11.2. The van der Waals surface area contributed by atoms with E-state index in [1.807, 2.05) is 0 Å². The van der Waals surface area contributed by atoms with E-state index in [9.17, 15) is 13.2 Å². The summed E-state index contributed by atoms with van der Waals surface area (Å²) in [6.07, 6.45) is -0.0471. The summed E-state index contributed by atoms with van der Waals surface area (Å²) in [5, 5.41) is -0.280. The summed E-state index contributed by atoms with van der Waals surface area (Å²) in [5.41, 5.74) is 0.237. The zero-order valence-electron chi connectivity index (χ0n) is 10.6. The van der Waals surface area contributed by atoms with E-state index in [2.05, 4.69) is 15.0 Å². The number of hydrogen-bond donors (Lipinski definition) is 1. The molecule has 0 amide bonds. The number of aromatic nitrogens is 3. The van der Waals surface area contributed by atoms with Crippen molar-refractivity contribution in [2.24, 2.45) is 0 Å². The lowest BCUT2D eigenvalue weighted by molar-refractivity contribution is -0.120. The van der Waals surface area contributed by atoms with Gasteiger partial charge in [-0.15, -0.1) is 0 Å². The molecule has 0 saturated heterocycles. The summed E-state index contributed by atoms with van der Waals surface area (Å²) in [6.45, 7) is 0.180. The van der Waals surface area contributed by atoms with Crippen molar-refractivity contribution < 1.29 is 22.5 Å². The standard InChI is InChI=1S/C11H7Cl2N3O5S/c12-10-14-9(15-11(13)16-10)4-6-3-7(22(18,19)20)1-2-8(6)21-5-17/h1-3,5H,4H2,(H,18,19,20). The summed E-state index contributed by atoms with van der Waals surface area (Å²) in [6, 6.07) is 3.43. The molecule has 0 unspecified atom stereocenters. The fraction of sp³-hybridized carbons (Fsp3) is 0.0909. The van der Waals surface area contributed by atoms with Crippen LogP contribution in [0.1, 0.15) is 11.4 Å². The van der Waals surface area contributed by atoms with Crippen molar-refractivity contribution in [3.8, 4) is 5.75 Å². The monoisotopic (exact) mass is 363 g/mol. The Hall–Kier alpha value is -1.81. The molecule has 116 valence electrons. The number of carbonyl (C=O) groups is 1. The highest BCUT2D eigenvalue weighted by molar-refractivity contribution is 7.85. The molecule has 0 spiro atoms. The zero-order chi connectivity index (χ0) is 16.3. The van der Waals surface area contributed by atoms with E-state index in [1.54, 1.807) is 0 Å². The van der Waals surface area contributed by atoms with Crippen molar-refractivity contribution in [3.05, 3.63) is 40.2 Å². The Kier molecular flexibility index (Phi) is 4.91. The first-order valence-corrected chi connectivity index (χ1v) is 7.76. The molecule has 2 rings (SSSR count). The Morgan fingerprint density at radius 3 is 2.36 bits per heavy atom. The molecule has 1 aromatic heterocycles. The highest BCUT2D eigenvalue weighted by atomic mass is 35.5. The molecule has 0 fully saturated rings. The second-order valence-electron chi connectivity index (χ2n) is 3.93. The molecule has 1 heterocycles. The summed E-state index contributed by atoms with van der Waals surface area (Å²) in [4.78, 5) is 21.4. The largest absolute Gasteiger partial charge is 0.428 e. The Bertz CT molecular complexity index is 808. The topological polar surface area (TPSA) is 119 Å². The quantitative estimate of drug-likeness (QED) is 0.627. The van der Waals surface area contributed by atoms with Gasteiger partial charge in [0.1, 0.15) is 11.6 Å². The van der Waals surface area contributed by atoms with E-state index in [0.717, 1.165) is 12.1 Å². The number of halogens is 2. The molecule has 11 heteroatoms. The van der Waals surface area contributed by atoms with Gasteiger partial charge in [0.25, 0.3) is 16.6 Å². The third-order valence-corrected chi connectivity index (χ3v) is 3.67. The minimum Gasteiger partial charge on any atom is -0.428 e. The predicted molar refractivity (Wildman–Crippen MR) is 75.6 cm³/mol. The molecule has 8 nitrogen and oxygen atoms in total. The van der Waals surface area contributed by atoms with E-state index in [1.165, 1.54) is 6.07 Å². The van der Waals surface area contributed by atoms with Gasteiger partial charge in [0.15, 0.2) is 0 Å². The van der Waals surface area contributed by atoms with Gasteiger partial charge < -0.3 is 4.74 Å². The molecule has 0 aliphatic rings. The second-order valence-corrected chi connectivity index (χ2v) is 6.02. The second kappa shape index (κ2) is 6.53. The van der Waals surface area contributed by atoms with Gasteiger partial charge in [0, 0.05) is 12.0 Å². The maximum Gasteiger partial charge on any atom is 0.298 e. The van der Waals surface area contributed by atoms with Crippen LogP contribution in [0, 0.1) is 0 Å². The number of ether oxygens (including phenoxy) is 1. The van der Waals surface area contributed by atoms with Crippen LogP contribution in [0.4, 0.5) is 0 Å². The molecule has 0 radical (unpaired) electrons. The summed E-state index contributed by atoms with van der Waals surface area (Å²) in [5.74, 6) is 0.211. The van der Waals surface area contributed by atoms with Gasteiger partial charge in [0.05, 0.1) is 4.90 Å². The smallest absolute Gasteiger partial charge is 0.298 e. The number of nitrogens with zero attached hydrogens (tertiary/aromatic N) is 3. The third-order valence-electron chi connectivity index (χ3n) is 2.48. The van der Waals surface area contributed by atoms with Crippen LogP contribution in [0.25, 0.3) is 0 Å². The predicted octanol–water partition coefficient (Wildman–Crippen LogP) is 1.55. The van der Waals surface area contributed by atoms with Crippen LogP contribution < -0.4 is 4.74 Å². The molecular formula is C11H7Cl2N3O5S. The van der Waals surface area contributed by atoms with Gasteiger partial charge >= 0.3 is 0 Å². The number of benzene rings is 1. The van der Waals surface area contributed by atoms with Crippen LogP contribution in [-0.2, 0) is 21.3 Å². The van der Waals surface area contributed by atoms with E-state index in [4.69, 9.17) is 32.5 Å². The molecule has 0 aliphatic carbocycles. The van der Waals surface area contributed by atoms with Crippen molar-refractivity contribution in [1.29, 1.82) is 0 Å². The Morgan fingerprint density at radius 2 is 1.82 bits per heavy atom. The van der Waals surface area contributed by atoms with Crippen LogP contribution in [0.15, 0.2) is 23.1 Å². The first-order valence-electron chi connectivity index (χ1n) is 5.56. The van der Waals surface area contributed by atoms with Crippen LogP contribution in [0.3, 0.4) is 0 Å². The van der Waals surface area contributed by atoms with Gasteiger partial charge in [-0.25, -0.2) is 9.97 Å². The highest BCUT2D eigenvalue weighted by Gasteiger charge is 2.15. The average Bonchev–Trinajstić information content (AvgIpc) is 2.38. The molecule has 0 bridgehead atoms. The van der Waals surface area contributed by atoms with Gasteiger partial charge in [0.2, 0.25) is 10.6 Å². The minimum atomic E-state index is -4.41. The fourth-order valence-corrected chi connectivity index (χ4v) is 2.56. The average molecular weight is 364 g/mol. The molecule has 1 aromatic carbocycles. The van der Waals surface area contributed by atoms with E-state index >= 15 is 0 Å². The van der Waals surface area contributed by atoms with Crippen LogP contribution in [0.5, 0.6) is 5.75 Å². The Labute approximate surface area is 134 Å². The first kappa shape index (κ1) is 16.6. The number of hydrogen-bond acceptors (Lipinski definition) is 7. The minimum absolute atomic E-state index is 0.0471. The maximum absolute atomic E-state index is 11.2. The van der Waals surface area contributed by atoms with Gasteiger partial charge in [-0.1, -0.05) is 0 Å². The maximum atomic E-state index is 11.2. The fourth-order valence-electron chi connectivity index (χ4n) is 1.63. The van der Waals surface area contributed by atoms with Crippen molar-refractivity contribution >= 4 is 39.8 Å². The van der Waals surface area contributed by atoms with Crippen molar-refractivity contribution in [1.82, 2.24) is 15.0 Å². The van der Waals surface area contributed by atoms with Gasteiger partial charge in [-0.3, -0.25) is 9.35 Å². The number of carbonyl (C=O) groups excluding carboxylic acids is 1. The van der Waals surface area contributed by atoms with Gasteiger partial charge in [-0.05, 0) is 41.4 Å². The Balaban J connectivity index is 2.48. The molecular weight excluding hydrogens is 357 g/mol. The lowest BCUT2D eigenvalue weighted by atomic mass is 10.1. The van der Waals surface area contributed by atoms with Crippen LogP contribution >= 0.6 is 23.2 Å². The lowest BCUT2D eigenvalue weighted by Crippen LogP contribution is -2.05. The van der Waals surface area contributed by atoms with Crippen LogP contribution in [0.2, 0.25) is 10.6 Å². The molecule has 2 aromatic rings. The van der Waals surface area contributed by atoms with Crippen molar-refractivity contribution in [2.45, 2.75) is 11.3 Å². The summed E-state index contributed by atoms with van der Waals surface area (Å²) < 4.78 is 36.2. The van der Waals surface area contributed by atoms with Crippen molar-refractivity contribution in [2.75, 3.05) is 0 Å². The highest BCUT2D eigenvalue weighted by Crippen LogP contribution is 2.24. The first-order chi connectivity index (χ1) is 10.3. The third kappa shape index (κ3) is 4.10. The van der Waals surface area contributed by atoms with Crippen molar-refractivity contribution in [3.63, 3.8) is 0 Å². The van der Waals surface area contributed by atoms with Gasteiger partial charge in [-0.2, -0.15) is 13.4 Å². The summed E-state index contributed by atoms with van der Waals surface area (Å²) in [7, 11) is -4.41. The zero-order valence-corrected chi connectivity index (χ0v) is 12.9. The summed E-state index contributed by atoms with van der Waals surface area (Å²) >= 11 is 11.3.